The van der Waals surface area contributed by atoms with Crippen molar-refractivity contribution in [3.63, 3.8) is 0 Å². The molecule has 2 aromatic heterocycles. The Labute approximate surface area is 534 Å². The maximum Gasteiger partial charge on any atom is 0.320 e. The summed E-state index contributed by atoms with van der Waals surface area (Å²) in [6.07, 6.45) is 6.55. The van der Waals surface area contributed by atoms with E-state index in [-0.39, 0.29) is 64.5 Å². The number of hydrogen-bond acceptors (Lipinski definition) is 17. The molecule has 0 spiro atoms. The van der Waals surface area contributed by atoms with Crippen molar-refractivity contribution in [1.82, 2.24) is 39.1 Å². The van der Waals surface area contributed by atoms with E-state index in [4.69, 9.17) is 21.2 Å². The minimum atomic E-state index is -0.810. The number of carbonyl (C=O) groups excluding carboxylic acids is 6. The van der Waals surface area contributed by atoms with Crippen molar-refractivity contribution in [2.75, 3.05) is 71.4 Å². The highest BCUT2D eigenvalue weighted by molar-refractivity contribution is 6.45. The summed E-state index contributed by atoms with van der Waals surface area (Å²) in [5.41, 5.74) is 3.39. The van der Waals surface area contributed by atoms with E-state index in [1.807, 2.05) is 37.5 Å². The van der Waals surface area contributed by atoms with Crippen molar-refractivity contribution >= 4 is 68.4 Å². The number of halogens is 2. The maximum absolute atomic E-state index is 14.0. The monoisotopic (exact) mass is 1280 g/mol. The molecule has 4 atom stereocenters. The molecule has 492 valence electrons. The summed E-state index contributed by atoms with van der Waals surface area (Å²) in [5.74, 6) is 8.37. The van der Waals surface area contributed by atoms with E-state index in [0.717, 1.165) is 55.0 Å². The fraction of sp³-hybridized carbons (Fsp3) is 0.394. The number of rotatable bonds is 17. The van der Waals surface area contributed by atoms with Gasteiger partial charge in [-0.3, -0.25) is 63.5 Å². The Balaban J connectivity index is 0.000000182. The van der Waals surface area contributed by atoms with Gasteiger partial charge in [0.05, 0.1) is 56.9 Å². The zero-order valence-electron chi connectivity index (χ0n) is 52.7. The van der Waals surface area contributed by atoms with Crippen LogP contribution in [0.5, 0.6) is 17.2 Å². The minimum absolute atomic E-state index is 0.0600. The van der Waals surface area contributed by atoms with Crippen LogP contribution < -0.4 is 26.1 Å². The second kappa shape index (κ2) is 29.6. The van der Waals surface area contributed by atoms with Crippen molar-refractivity contribution in [1.29, 1.82) is 0 Å². The molecule has 27 heteroatoms. The number of hydrogen-bond donors (Lipinski definition) is 3. The number of Topliss-reactive ketones (excluding diaryl/α,β-unsaturated/α-hetero) is 2. The predicted molar refractivity (Wildman–Crippen MR) is 341 cm³/mol. The van der Waals surface area contributed by atoms with Crippen LogP contribution in [0.4, 0.5) is 20.2 Å². The lowest BCUT2D eigenvalue weighted by atomic mass is 10.0. The molecular formula is C66H76F2N12O13. The van der Waals surface area contributed by atoms with Crippen LogP contribution in [0, 0.1) is 31.9 Å². The Kier molecular flexibility index (Phi) is 21.5. The van der Waals surface area contributed by atoms with E-state index in [9.17, 15) is 57.8 Å². The van der Waals surface area contributed by atoms with E-state index in [2.05, 4.69) is 33.5 Å². The van der Waals surface area contributed by atoms with Crippen LogP contribution in [0.1, 0.15) is 120 Å². The SMILES string of the molecule is CCOc1cc2[nH]cc(C(=O)C(=O)N3CCCC3)c2cc1C(=O)N1C[C@H](C)N(Cc2ccc(F)cc2)C[C@H]1C.CCOc1cc2c(cc1C(=O)N1C[C@H](C)N(Cc3ccc(F)cc3)C[C@H]1C)c(C(=O)C(=O)N1CCCC1)cn2N.NOc1ccc([N+](=O)[O-])cc1[N+](=O)[O-]. The second-order valence-electron chi connectivity index (χ2n) is 23.6. The number of nitrogens with zero attached hydrogens (tertiary/aromatic N) is 9. The quantitative estimate of drug-likeness (QED) is 0.0253. The number of nitrogens with two attached hydrogens (primary N) is 2. The highest BCUT2D eigenvalue weighted by Gasteiger charge is 2.38. The Bertz CT molecular complexity index is 3940. The molecule has 11 rings (SSSR count). The Morgan fingerprint density at radius 2 is 1.03 bits per heavy atom. The molecule has 93 heavy (non-hydrogen) atoms. The van der Waals surface area contributed by atoms with Gasteiger partial charge < -0.3 is 44.7 Å². The molecular weight excluding hydrogens is 1210 g/mol. The molecule has 5 aromatic carbocycles. The number of nitrogens with one attached hydrogen (secondary N) is 1. The Hall–Kier alpha value is -9.86. The summed E-state index contributed by atoms with van der Waals surface area (Å²) in [5, 5.41) is 21.7. The van der Waals surface area contributed by atoms with Gasteiger partial charge in [0.25, 0.3) is 40.9 Å². The molecule has 4 saturated heterocycles. The topological polar surface area (TPSA) is 309 Å². The number of aromatic nitrogens is 2. The number of ether oxygens (including phenoxy) is 2. The fourth-order valence-electron chi connectivity index (χ4n) is 12.3. The number of likely N-dealkylation sites (tertiary alicyclic amines) is 2. The van der Waals surface area contributed by atoms with Crippen LogP contribution in [-0.4, -0.2) is 174 Å². The summed E-state index contributed by atoms with van der Waals surface area (Å²) >= 11 is 0. The van der Waals surface area contributed by atoms with Crippen molar-refractivity contribution < 1.29 is 61.7 Å². The normalized spacial score (nSPS) is 18.3. The number of nitrogen functional groups attached to an aromatic ring is 1. The van der Waals surface area contributed by atoms with Gasteiger partial charge in [0, 0.05) is 136 Å². The largest absolute Gasteiger partial charge is 0.493 e. The minimum Gasteiger partial charge on any atom is -0.493 e. The van der Waals surface area contributed by atoms with Crippen LogP contribution in [-0.2, 0) is 22.7 Å². The molecule has 4 aliphatic rings. The summed E-state index contributed by atoms with van der Waals surface area (Å²) in [6.45, 7) is 18.5. The number of carbonyl (C=O) groups is 6. The smallest absolute Gasteiger partial charge is 0.320 e. The van der Waals surface area contributed by atoms with Crippen LogP contribution in [0.15, 0.2) is 103 Å². The number of benzene rings is 5. The molecule has 0 aliphatic carbocycles. The standard InChI is InChI=1S/C30H36FN5O4.C30H35FN4O4.C6H5N3O5/c1-4-40-27-14-26-23(25(18-36(26)32)28(37)30(39)33-11-5-6-12-33)13-24(27)29(38)35-16-19(2)34(15-20(35)3)17-21-7-9-22(31)10-8-21;1-4-39-27-14-26-23(25(15-32-26)28(36)30(38)33-11-5-6-12-33)13-24(27)29(37)35-17-19(2)34(16-20(35)3)18-21-7-9-22(31)10-8-21;7-14-6-2-1-4(8(10)11)3-5(6)9(12)13/h7-10,13-14,18-20H,4-6,11-12,15-17,32H2,1-3H3;7-10,13-15,19-20,32H,4-6,11-12,16-18H2,1-3H3;1-3H,7H2/t2*19-,20+;/m00./s1. The molecule has 4 amide bonds. The summed E-state index contributed by atoms with van der Waals surface area (Å²) in [7, 11) is 0. The van der Waals surface area contributed by atoms with Gasteiger partial charge in [-0.25, -0.2) is 8.78 Å². The third kappa shape index (κ3) is 15.2. The highest BCUT2D eigenvalue weighted by Crippen LogP contribution is 2.35. The number of amides is 4. The third-order valence-electron chi connectivity index (χ3n) is 17.3. The molecule has 25 nitrogen and oxygen atoms in total. The van der Waals surface area contributed by atoms with Crippen LogP contribution in [0.25, 0.3) is 21.8 Å². The van der Waals surface area contributed by atoms with Gasteiger partial charge >= 0.3 is 5.69 Å². The number of piperazine rings is 2. The average molecular weight is 1280 g/mol. The Morgan fingerprint density at radius 3 is 1.48 bits per heavy atom. The molecule has 0 bridgehead atoms. The zero-order chi connectivity index (χ0) is 66.9. The van der Waals surface area contributed by atoms with Gasteiger partial charge in [0.2, 0.25) is 5.75 Å². The average Bonchev–Trinajstić information content (AvgIpc) is 1.70. The van der Waals surface area contributed by atoms with Crippen LogP contribution in [0.3, 0.4) is 0 Å². The summed E-state index contributed by atoms with van der Waals surface area (Å²) < 4.78 is 39.7. The Morgan fingerprint density at radius 1 is 0.570 bits per heavy atom. The summed E-state index contributed by atoms with van der Waals surface area (Å²) in [6, 6.07) is 22.6. The second-order valence-corrected chi connectivity index (χ2v) is 23.6. The fourth-order valence-corrected chi connectivity index (χ4v) is 12.3. The number of nitro benzene ring substituents is 2. The number of aromatic amines is 1. The van der Waals surface area contributed by atoms with Gasteiger partial charge in [0.1, 0.15) is 23.1 Å². The van der Waals surface area contributed by atoms with Gasteiger partial charge in [-0.2, -0.15) is 5.90 Å². The molecule has 0 radical (unpaired) electrons. The van der Waals surface area contributed by atoms with E-state index in [1.165, 1.54) is 35.1 Å². The molecule has 4 fully saturated rings. The lowest BCUT2D eigenvalue weighted by Crippen LogP contribution is -2.57. The summed E-state index contributed by atoms with van der Waals surface area (Å²) in [4.78, 5) is 118. The highest BCUT2D eigenvalue weighted by atomic mass is 19.1. The van der Waals surface area contributed by atoms with Gasteiger partial charge in [-0.1, -0.05) is 24.3 Å². The van der Waals surface area contributed by atoms with E-state index in [1.54, 1.807) is 64.5 Å². The van der Waals surface area contributed by atoms with Crippen LogP contribution in [0.2, 0.25) is 0 Å². The van der Waals surface area contributed by atoms with Crippen molar-refractivity contribution in [3.05, 3.63) is 169 Å². The van der Waals surface area contributed by atoms with E-state index < -0.39 is 44.6 Å². The van der Waals surface area contributed by atoms with E-state index in [0.29, 0.717) is 123 Å². The van der Waals surface area contributed by atoms with E-state index >= 15 is 0 Å². The van der Waals surface area contributed by atoms with Gasteiger partial charge in [-0.05, 0) is 121 Å². The number of fused-ring (bicyclic) bond motifs is 2. The molecule has 7 aromatic rings. The molecule has 0 unspecified atom stereocenters. The van der Waals surface area contributed by atoms with Crippen LogP contribution >= 0.6 is 0 Å². The molecule has 0 saturated carbocycles. The van der Waals surface area contributed by atoms with Crippen molar-refractivity contribution in [2.45, 2.75) is 104 Å². The molecule has 6 heterocycles. The predicted octanol–water partition coefficient (Wildman–Crippen LogP) is 8.43. The van der Waals surface area contributed by atoms with Gasteiger partial charge in [-0.15, -0.1) is 0 Å². The first-order chi connectivity index (χ1) is 44.5. The first-order valence-corrected chi connectivity index (χ1v) is 30.9. The lowest BCUT2D eigenvalue weighted by Gasteiger charge is -2.44. The zero-order valence-corrected chi connectivity index (χ0v) is 52.7. The van der Waals surface area contributed by atoms with Crippen molar-refractivity contribution in [2.24, 2.45) is 5.90 Å². The molecule has 4 aliphatic heterocycles. The van der Waals surface area contributed by atoms with Gasteiger partial charge in [0.15, 0.2) is 0 Å². The van der Waals surface area contributed by atoms with Crippen molar-refractivity contribution in [3.8, 4) is 17.2 Å². The first-order valence-electron chi connectivity index (χ1n) is 30.9. The number of ketones is 2. The number of nitro groups is 2. The first kappa shape index (κ1) is 67.5. The number of non-ortho nitro benzene ring substituents is 1. The third-order valence-corrected chi connectivity index (χ3v) is 17.3. The maximum atomic E-state index is 14.0. The lowest BCUT2D eigenvalue weighted by molar-refractivity contribution is -0.394. The molecule has 5 N–H and O–H groups in total. The number of H-pyrrole nitrogens is 1.